The van der Waals surface area contributed by atoms with E-state index >= 15 is 0 Å². The van der Waals surface area contributed by atoms with Crippen LogP contribution in [0.2, 0.25) is 0 Å². The van der Waals surface area contributed by atoms with Crippen LogP contribution in [0.25, 0.3) is 0 Å². The molecule has 1 heterocycles. The first-order valence-corrected chi connectivity index (χ1v) is 11.3. The third-order valence-electron chi connectivity index (χ3n) is 3.39. The van der Waals surface area contributed by atoms with E-state index in [0.717, 1.165) is 14.3 Å². The van der Waals surface area contributed by atoms with Crippen LogP contribution in [0.4, 0.5) is 15.8 Å². The Morgan fingerprint density at radius 2 is 1.78 bits per heavy atom. The molecule has 10 heteroatoms. The molecule has 27 heavy (non-hydrogen) atoms. The van der Waals surface area contributed by atoms with Crippen molar-refractivity contribution in [2.45, 2.75) is 4.90 Å². The van der Waals surface area contributed by atoms with E-state index in [9.17, 15) is 17.6 Å². The summed E-state index contributed by atoms with van der Waals surface area (Å²) in [7, 11) is -4.02. The van der Waals surface area contributed by atoms with E-state index < -0.39 is 15.8 Å². The van der Waals surface area contributed by atoms with Crippen LogP contribution in [0.1, 0.15) is 9.67 Å². The topological polar surface area (TPSA) is 75.3 Å². The highest BCUT2D eigenvalue weighted by Gasteiger charge is 2.18. The van der Waals surface area contributed by atoms with Crippen LogP contribution in [0.5, 0.6) is 0 Å². The van der Waals surface area contributed by atoms with E-state index in [-0.39, 0.29) is 16.5 Å². The molecule has 0 unspecified atom stereocenters. The number of para-hydroxylation sites is 1. The van der Waals surface area contributed by atoms with Crippen LogP contribution < -0.4 is 10.0 Å². The summed E-state index contributed by atoms with van der Waals surface area (Å²) in [5.74, 6) is -1.05. The number of anilines is 2. The molecule has 0 radical (unpaired) electrons. The normalized spacial score (nSPS) is 11.2. The minimum absolute atomic E-state index is 0.0999. The molecule has 0 spiro atoms. The molecule has 0 aliphatic carbocycles. The zero-order valence-corrected chi connectivity index (χ0v) is 18.2. The van der Waals surface area contributed by atoms with Crippen molar-refractivity contribution in [3.05, 3.63) is 73.6 Å². The van der Waals surface area contributed by atoms with Crippen molar-refractivity contribution in [3.63, 3.8) is 0 Å². The Morgan fingerprint density at radius 3 is 2.44 bits per heavy atom. The van der Waals surface area contributed by atoms with Crippen LogP contribution >= 0.6 is 43.2 Å². The van der Waals surface area contributed by atoms with Gasteiger partial charge in [0, 0.05) is 10.2 Å². The van der Waals surface area contributed by atoms with Gasteiger partial charge in [-0.1, -0.05) is 18.2 Å². The molecule has 0 aliphatic heterocycles. The molecule has 140 valence electrons. The second kappa shape index (κ2) is 8.09. The Kier molecular flexibility index (Phi) is 5.99. The molecular weight excluding hydrogens is 523 g/mol. The minimum Gasteiger partial charge on any atom is -0.321 e. The maximum Gasteiger partial charge on any atom is 0.265 e. The largest absolute Gasteiger partial charge is 0.321 e. The molecule has 0 bridgehead atoms. The van der Waals surface area contributed by atoms with E-state index in [1.807, 2.05) is 0 Å². The molecule has 1 aromatic heterocycles. The van der Waals surface area contributed by atoms with Crippen molar-refractivity contribution in [1.29, 1.82) is 0 Å². The van der Waals surface area contributed by atoms with Gasteiger partial charge < -0.3 is 5.32 Å². The van der Waals surface area contributed by atoms with Gasteiger partial charge in [0.05, 0.1) is 19.2 Å². The Morgan fingerprint density at radius 1 is 1.04 bits per heavy atom. The van der Waals surface area contributed by atoms with Crippen molar-refractivity contribution in [1.82, 2.24) is 0 Å². The molecular formula is C17H11Br2FN2O3S2. The molecule has 0 fully saturated rings. The van der Waals surface area contributed by atoms with Gasteiger partial charge in [-0.2, -0.15) is 0 Å². The number of carbonyl (C=O) groups is 1. The number of hydrogen-bond acceptors (Lipinski definition) is 4. The van der Waals surface area contributed by atoms with Crippen LogP contribution in [-0.2, 0) is 10.0 Å². The van der Waals surface area contributed by atoms with E-state index in [1.165, 1.54) is 47.7 Å². The van der Waals surface area contributed by atoms with Crippen molar-refractivity contribution in [2.75, 3.05) is 10.0 Å². The predicted octanol–water partition coefficient (Wildman–Crippen LogP) is 5.47. The molecule has 2 aromatic carbocycles. The van der Waals surface area contributed by atoms with Gasteiger partial charge in [0.1, 0.15) is 5.82 Å². The van der Waals surface area contributed by atoms with Crippen molar-refractivity contribution < 1.29 is 17.6 Å². The third-order valence-corrected chi connectivity index (χ3v) is 8.01. The van der Waals surface area contributed by atoms with Crippen LogP contribution in [0.15, 0.2) is 67.8 Å². The summed E-state index contributed by atoms with van der Waals surface area (Å²) in [6, 6.07) is 12.8. The summed E-state index contributed by atoms with van der Waals surface area (Å²) in [5, 5.41) is 2.65. The monoisotopic (exact) mass is 532 g/mol. The fourth-order valence-electron chi connectivity index (χ4n) is 2.14. The van der Waals surface area contributed by atoms with Gasteiger partial charge >= 0.3 is 0 Å². The average molecular weight is 534 g/mol. The van der Waals surface area contributed by atoms with Gasteiger partial charge in [0.25, 0.3) is 15.9 Å². The van der Waals surface area contributed by atoms with E-state index in [1.54, 1.807) is 12.1 Å². The quantitative estimate of drug-likeness (QED) is 0.457. The first kappa shape index (κ1) is 20.0. The standard InChI is InChI=1S/C17H11Br2FN2O3S2/c18-12-9-15(26-16(12)19)17(23)21-10-4-3-5-11(8-10)27(24,25)22-14-7-2-1-6-13(14)20/h1-9,22H,(H,21,23). The number of hydrogen-bond donors (Lipinski definition) is 2. The van der Waals surface area contributed by atoms with Crippen LogP contribution in [0, 0.1) is 5.82 Å². The minimum atomic E-state index is -4.02. The van der Waals surface area contributed by atoms with Gasteiger partial charge in [-0.05, 0) is 68.3 Å². The lowest BCUT2D eigenvalue weighted by molar-refractivity contribution is 0.103. The highest BCUT2D eigenvalue weighted by molar-refractivity contribution is 9.13. The molecule has 0 saturated heterocycles. The van der Waals surface area contributed by atoms with Gasteiger partial charge in [-0.25, -0.2) is 12.8 Å². The van der Waals surface area contributed by atoms with Gasteiger partial charge in [0.2, 0.25) is 0 Å². The lowest BCUT2D eigenvalue weighted by Crippen LogP contribution is -2.15. The van der Waals surface area contributed by atoms with E-state index in [2.05, 4.69) is 41.9 Å². The number of halogens is 3. The fraction of sp³-hybridized carbons (Fsp3) is 0. The number of amides is 1. The first-order chi connectivity index (χ1) is 12.8. The zero-order valence-electron chi connectivity index (χ0n) is 13.4. The fourth-order valence-corrected chi connectivity index (χ4v) is 5.18. The lowest BCUT2D eigenvalue weighted by Gasteiger charge is -2.10. The molecule has 2 N–H and O–H groups in total. The Labute approximate surface area is 175 Å². The number of carbonyl (C=O) groups excluding carboxylic acids is 1. The summed E-state index contributed by atoms with van der Waals surface area (Å²) < 4.78 is 42.5. The number of benzene rings is 2. The third kappa shape index (κ3) is 4.75. The zero-order chi connectivity index (χ0) is 19.6. The van der Waals surface area contributed by atoms with Crippen molar-refractivity contribution >= 4 is 70.5 Å². The number of sulfonamides is 1. The maximum absolute atomic E-state index is 13.7. The summed E-state index contributed by atoms with van der Waals surface area (Å²) in [6.07, 6.45) is 0. The molecule has 5 nitrogen and oxygen atoms in total. The van der Waals surface area contributed by atoms with Gasteiger partial charge in [-0.15, -0.1) is 11.3 Å². The van der Waals surface area contributed by atoms with Crippen LogP contribution in [0.3, 0.4) is 0 Å². The van der Waals surface area contributed by atoms with Gasteiger partial charge in [-0.3, -0.25) is 9.52 Å². The molecule has 0 atom stereocenters. The molecule has 0 saturated carbocycles. The summed E-state index contributed by atoms with van der Waals surface area (Å²) in [6.45, 7) is 0. The Bertz CT molecular complexity index is 1100. The SMILES string of the molecule is O=C(Nc1cccc(S(=O)(=O)Nc2ccccc2F)c1)c1cc(Br)c(Br)s1. The number of thiophene rings is 1. The van der Waals surface area contributed by atoms with Crippen LogP contribution in [-0.4, -0.2) is 14.3 Å². The lowest BCUT2D eigenvalue weighted by atomic mass is 10.3. The number of rotatable bonds is 5. The first-order valence-electron chi connectivity index (χ1n) is 7.40. The predicted molar refractivity (Wildman–Crippen MR) is 111 cm³/mol. The van der Waals surface area contributed by atoms with E-state index in [4.69, 9.17) is 0 Å². The molecule has 3 aromatic rings. The highest BCUT2D eigenvalue weighted by Crippen LogP contribution is 2.32. The highest BCUT2D eigenvalue weighted by atomic mass is 79.9. The average Bonchev–Trinajstić information content (AvgIpc) is 2.96. The molecule has 0 aliphatic rings. The Balaban J connectivity index is 1.82. The number of nitrogens with one attached hydrogen (secondary N) is 2. The van der Waals surface area contributed by atoms with Crippen molar-refractivity contribution in [2.24, 2.45) is 0 Å². The summed E-state index contributed by atoms with van der Waals surface area (Å²) in [5.41, 5.74) is 0.150. The second-order valence-electron chi connectivity index (χ2n) is 5.30. The van der Waals surface area contributed by atoms with Crippen molar-refractivity contribution in [3.8, 4) is 0 Å². The Hall–Kier alpha value is -1.75. The summed E-state index contributed by atoms with van der Waals surface area (Å²) >= 11 is 7.87. The van der Waals surface area contributed by atoms with Gasteiger partial charge in [0.15, 0.2) is 0 Å². The smallest absolute Gasteiger partial charge is 0.265 e. The molecule has 3 rings (SSSR count). The molecule has 1 amide bonds. The van der Waals surface area contributed by atoms with E-state index in [0.29, 0.717) is 10.6 Å². The summed E-state index contributed by atoms with van der Waals surface area (Å²) in [4.78, 5) is 12.7. The maximum atomic E-state index is 13.7. The second-order valence-corrected chi connectivity index (χ2v) is 10.2.